The Balaban J connectivity index is 1.48. The number of amides is 1. The van der Waals surface area contributed by atoms with Gasteiger partial charge in [-0.3, -0.25) is 9.69 Å². The predicted molar refractivity (Wildman–Crippen MR) is 134 cm³/mol. The zero-order chi connectivity index (χ0) is 24.3. The van der Waals surface area contributed by atoms with E-state index in [4.69, 9.17) is 4.98 Å². The number of aryl methyl sites for hydroxylation is 2. The lowest BCUT2D eigenvalue weighted by Crippen LogP contribution is -2.41. The van der Waals surface area contributed by atoms with Crippen molar-refractivity contribution in [2.75, 3.05) is 36.9 Å². The Morgan fingerprint density at radius 1 is 1.24 bits per heavy atom. The molecule has 3 heterocycles. The van der Waals surface area contributed by atoms with Gasteiger partial charge in [0.05, 0.1) is 11.1 Å². The Hall–Kier alpha value is -2.79. The Labute approximate surface area is 208 Å². The number of carboxylic acid groups (broad SMARTS) is 1. The molecule has 2 aromatic heterocycles. The van der Waals surface area contributed by atoms with Gasteiger partial charge in [0.25, 0.3) is 0 Å². The number of anilines is 2. The number of aromatic nitrogens is 3. The second-order valence-corrected chi connectivity index (χ2v) is 9.27. The summed E-state index contributed by atoms with van der Waals surface area (Å²) >= 11 is 3.26. The highest BCUT2D eigenvalue weighted by Crippen LogP contribution is 2.20. The molecule has 0 bridgehead atoms. The number of carbonyl (C=O) groups excluding carboxylic acids is 1. The number of rotatable bonds is 13. The quantitative estimate of drug-likeness (QED) is 0.226. The first-order valence-corrected chi connectivity index (χ1v) is 12.4. The Bertz CT molecular complexity index is 958. The number of fused-ring (bicyclic) bond motifs is 1. The fourth-order valence-electron chi connectivity index (χ4n) is 3.75. The van der Waals surface area contributed by atoms with Crippen LogP contribution in [-0.4, -0.2) is 69.2 Å². The summed E-state index contributed by atoms with van der Waals surface area (Å²) in [6.45, 7) is 4.06. The van der Waals surface area contributed by atoms with Crippen molar-refractivity contribution in [3.63, 3.8) is 0 Å². The molecule has 11 heteroatoms. The number of hydrogen-bond donors (Lipinski definition) is 4. The van der Waals surface area contributed by atoms with Gasteiger partial charge in [-0.1, -0.05) is 6.07 Å². The second kappa shape index (κ2) is 13.2. The first-order valence-electron chi connectivity index (χ1n) is 11.6. The lowest BCUT2D eigenvalue weighted by atomic mass is 10.1. The largest absolute Gasteiger partial charge is 0.480 e. The van der Waals surface area contributed by atoms with Gasteiger partial charge in [0.2, 0.25) is 11.9 Å². The summed E-state index contributed by atoms with van der Waals surface area (Å²) < 4.78 is 0.716. The van der Waals surface area contributed by atoms with E-state index in [9.17, 15) is 14.7 Å². The van der Waals surface area contributed by atoms with Crippen LogP contribution >= 0.6 is 15.9 Å². The number of nitrogens with one attached hydrogen (secondary N) is 3. The molecule has 10 nitrogen and oxygen atoms in total. The standard InChI is InChI=1S/C23H32BrN7O3/c1-16(32)28-15-31(12-9-20(22(33)34)30-23-26-13-18(24)14-27-23)11-3-2-6-19-8-7-17-5-4-10-25-21(17)29-19/h7-8,13-14,20H,2-6,9-12,15H2,1H3,(H,25,29)(H,28,32)(H,33,34)(H,26,27,30). The minimum Gasteiger partial charge on any atom is -0.480 e. The van der Waals surface area contributed by atoms with Gasteiger partial charge < -0.3 is 21.1 Å². The van der Waals surface area contributed by atoms with Crippen LogP contribution in [0.5, 0.6) is 0 Å². The van der Waals surface area contributed by atoms with Crippen molar-refractivity contribution in [2.45, 2.75) is 51.5 Å². The molecule has 3 rings (SSSR count). The van der Waals surface area contributed by atoms with Gasteiger partial charge in [0, 0.05) is 38.1 Å². The van der Waals surface area contributed by atoms with Gasteiger partial charge in [-0.2, -0.15) is 0 Å². The van der Waals surface area contributed by atoms with Crippen molar-refractivity contribution in [1.82, 2.24) is 25.2 Å². The monoisotopic (exact) mass is 533 g/mol. The molecule has 34 heavy (non-hydrogen) atoms. The van der Waals surface area contributed by atoms with Gasteiger partial charge in [-0.05, 0) is 72.6 Å². The van der Waals surface area contributed by atoms with Gasteiger partial charge in [0.15, 0.2) is 0 Å². The number of hydrogen-bond acceptors (Lipinski definition) is 8. The third kappa shape index (κ3) is 8.53. The Kier molecular flexibility index (Phi) is 10.0. The fourth-order valence-corrected chi connectivity index (χ4v) is 3.96. The number of halogens is 1. The van der Waals surface area contributed by atoms with E-state index in [1.54, 1.807) is 12.4 Å². The molecule has 0 saturated carbocycles. The zero-order valence-electron chi connectivity index (χ0n) is 19.4. The highest BCUT2D eigenvalue weighted by molar-refractivity contribution is 9.10. The molecular formula is C23H32BrN7O3. The molecular weight excluding hydrogens is 502 g/mol. The van der Waals surface area contributed by atoms with E-state index in [1.807, 2.05) is 0 Å². The molecule has 4 N–H and O–H groups in total. The van der Waals surface area contributed by atoms with E-state index in [0.29, 0.717) is 24.1 Å². The maximum Gasteiger partial charge on any atom is 0.326 e. The van der Waals surface area contributed by atoms with E-state index in [2.05, 4.69) is 58.9 Å². The number of carbonyl (C=O) groups is 2. The number of aliphatic carboxylic acids is 1. The highest BCUT2D eigenvalue weighted by atomic mass is 79.9. The summed E-state index contributed by atoms with van der Waals surface area (Å²) in [5, 5.41) is 18.7. The summed E-state index contributed by atoms with van der Waals surface area (Å²) in [5.74, 6) is 0.180. The average Bonchev–Trinajstić information content (AvgIpc) is 2.82. The summed E-state index contributed by atoms with van der Waals surface area (Å²) in [6, 6.07) is 3.43. The lowest BCUT2D eigenvalue weighted by Gasteiger charge is -2.24. The number of carboxylic acids is 1. The zero-order valence-corrected chi connectivity index (χ0v) is 21.0. The summed E-state index contributed by atoms with van der Waals surface area (Å²) in [7, 11) is 0. The number of unbranched alkanes of at least 4 members (excludes halogenated alkanes) is 1. The van der Waals surface area contributed by atoms with Crippen LogP contribution in [0.15, 0.2) is 29.0 Å². The molecule has 0 aromatic carbocycles. The van der Waals surface area contributed by atoms with Crippen LogP contribution in [0.4, 0.5) is 11.8 Å². The lowest BCUT2D eigenvalue weighted by molar-refractivity contribution is -0.138. The van der Waals surface area contributed by atoms with Crippen molar-refractivity contribution < 1.29 is 14.7 Å². The van der Waals surface area contributed by atoms with E-state index >= 15 is 0 Å². The molecule has 0 radical (unpaired) electrons. The van der Waals surface area contributed by atoms with E-state index in [0.717, 1.165) is 56.7 Å². The normalized spacial score (nSPS) is 13.6. The maximum absolute atomic E-state index is 11.7. The minimum absolute atomic E-state index is 0.119. The van der Waals surface area contributed by atoms with Crippen molar-refractivity contribution in [2.24, 2.45) is 0 Å². The third-order valence-corrected chi connectivity index (χ3v) is 6.03. The highest BCUT2D eigenvalue weighted by Gasteiger charge is 2.20. The number of nitrogens with zero attached hydrogens (tertiary/aromatic N) is 4. The van der Waals surface area contributed by atoms with Gasteiger partial charge >= 0.3 is 5.97 Å². The van der Waals surface area contributed by atoms with Crippen molar-refractivity contribution >= 4 is 39.6 Å². The van der Waals surface area contributed by atoms with Crippen LogP contribution in [0, 0.1) is 0 Å². The topological polar surface area (TPSA) is 132 Å². The van der Waals surface area contributed by atoms with Crippen LogP contribution < -0.4 is 16.0 Å². The molecule has 1 unspecified atom stereocenters. The van der Waals surface area contributed by atoms with Crippen LogP contribution in [-0.2, 0) is 22.4 Å². The first-order chi connectivity index (χ1) is 16.4. The Morgan fingerprint density at radius 3 is 2.76 bits per heavy atom. The number of pyridine rings is 1. The molecule has 0 saturated heterocycles. The Morgan fingerprint density at radius 2 is 2.03 bits per heavy atom. The molecule has 0 spiro atoms. The van der Waals surface area contributed by atoms with Crippen molar-refractivity contribution in [3.8, 4) is 0 Å². The van der Waals surface area contributed by atoms with Gasteiger partial charge in [0.1, 0.15) is 11.9 Å². The molecule has 0 fully saturated rings. The predicted octanol–water partition coefficient (Wildman–Crippen LogP) is 2.67. The molecule has 1 aliphatic heterocycles. The first kappa shape index (κ1) is 25.8. The van der Waals surface area contributed by atoms with E-state index < -0.39 is 12.0 Å². The van der Waals surface area contributed by atoms with E-state index in [1.165, 1.54) is 12.5 Å². The van der Waals surface area contributed by atoms with Gasteiger partial charge in [-0.25, -0.2) is 19.7 Å². The molecule has 2 aromatic rings. The van der Waals surface area contributed by atoms with Crippen LogP contribution in [0.25, 0.3) is 0 Å². The molecule has 1 aliphatic rings. The van der Waals surface area contributed by atoms with Crippen molar-refractivity contribution in [1.29, 1.82) is 0 Å². The third-order valence-electron chi connectivity index (χ3n) is 5.62. The van der Waals surface area contributed by atoms with Crippen LogP contribution in [0.3, 0.4) is 0 Å². The summed E-state index contributed by atoms with van der Waals surface area (Å²) in [5.41, 5.74) is 2.36. The molecule has 1 atom stereocenters. The maximum atomic E-state index is 11.7. The summed E-state index contributed by atoms with van der Waals surface area (Å²) in [4.78, 5) is 38.1. The van der Waals surface area contributed by atoms with Crippen LogP contribution in [0.1, 0.15) is 43.9 Å². The molecule has 1 amide bonds. The smallest absolute Gasteiger partial charge is 0.326 e. The van der Waals surface area contributed by atoms with Crippen molar-refractivity contribution in [3.05, 3.63) is 40.3 Å². The van der Waals surface area contributed by atoms with E-state index in [-0.39, 0.29) is 11.9 Å². The second-order valence-electron chi connectivity index (χ2n) is 8.36. The van der Waals surface area contributed by atoms with Crippen LogP contribution in [0.2, 0.25) is 0 Å². The fraction of sp³-hybridized carbons (Fsp3) is 0.522. The van der Waals surface area contributed by atoms with Gasteiger partial charge in [-0.15, -0.1) is 0 Å². The minimum atomic E-state index is -0.974. The molecule has 0 aliphatic carbocycles. The average molecular weight is 534 g/mol. The molecule has 184 valence electrons. The summed E-state index contributed by atoms with van der Waals surface area (Å²) in [6.07, 6.45) is 8.42. The SMILES string of the molecule is CC(=O)NCN(CCCCc1ccc2c(n1)NCCC2)CCC(Nc1ncc(Br)cn1)C(=O)O.